The lowest BCUT2D eigenvalue weighted by molar-refractivity contribution is -0.142. The fourth-order valence-corrected chi connectivity index (χ4v) is 1.61. The normalized spacial score (nSPS) is 11.5. The van der Waals surface area contributed by atoms with Crippen molar-refractivity contribution in [3.8, 4) is 0 Å². The summed E-state index contributed by atoms with van der Waals surface area (Å²) in [6.07, 6.45) is -0.282. The lowest BCUT2D eigenvalue weighted by atomic mass is 10.1. The zero-order valence-corrected chi connectivity index (χ0v) is 11.6. The van der Waals surface area contributed by atoms with Gasteiger partial charge in [0.15, 0.2) is 0 Å². The largest absolute Gasteiger partial charge is 0.480 e. The Kier molecular flexibility index (Phi) is 5.65. The molecule has 1 aromatic heterocycles. The highest BCUT2D eigenvalue weighted by molar-refractivity contribution is 5.96. The number of aromatic amines is 1. The van der Waals surface area contributed by atoms with E-state index in [2.05, 4.69) is 15.0 Å². The molecule has 0 saturated carbocycles. The van der Waals surface area contributed by atoms with E-state index in [1.807, 2.05) is 0 Å². The Morgan fingerprint density at radius 3 is 2.57 bits per heavy atom. The van der Waals surface area contributed by atoms with Crippen LogP contribution in [0.1, 0.15) is 28.9 Å². The number of ether oxygens (including phenoxy) is 1. The fraction of sp³-hybridized carbons (Fsp3) is 0.385. The van der Waals surface area contributed by atoms with E-state index in [-0.39, 0.29) is 18.4 Å². The number of hydrogen-bond donors (Lipinski definition) is 3. The molecule has 0 aromatic carbocycles. The molecule has 0 bridgehead atoms. The summed E-state index contributed by atoms with van der Waals surface area (Å²) in [5.74, 6) is -2.69. The smallest absolute Gasteiger partial charge is 0.326 e. The molecule has 0 aliphatic heterocycles. The number of carbonyl (C=O) groups excluding carboxylic acids is 2. The van der Waals surface area contributed by atoms with Gasteiger partial charge in [0, 0.05) is 12.1 Å². The van der Waals surface area contributed by atoms with Crippen LogP contribution in [-0.4, -0.2) is 41.1 Å². The predicted molar refractivity (Wildman–Crippen MR) is 71.9 cm³/mol. The molecule has 0 aliphatic carbocycles. The third-order valence-corrected chi connectivity index (χ3v) is 2.77. The number of nitrogens with one attached hydrogen (secondary N) is 2. The van der Waals surface area contributed by atoms with Crippen molar-refractivity contribution in [1.82, 2.24) is 10.3 Å². The van der Waals surface area contributed by atoms with E-state index in [1.54, 1.807) is 6.92 Å². The van der Waals surface area contributed by atoms with E-state index in [4.69, 9.17) is 5.11 Å². The number of carbonyl (C=O) groups is 3. The van der Waals surface area contributed by atoms with Crippen molar-refractivity contribution in [3.05, 3.63) is 33.7 Å². The molecule has 0 spiro atoms. The summed E-state index contributed by atoms with van der Waals surface area (Å²) in [5.41, 5.74) is -0.216. The minimum Gasteiger partial charge on any atom is -0.480 e. The van der Waals surface area contributed by atoms with Gasteiger partial charge in [0.1, 0.15) is 11.6 Å². The van der Waals surface area contributed by atoms with Crippen molar-refractivity contribution in [2.75, 3.05) is 7.11 Å². The van der Waals surface area contributed by atoms with Gasteiger partial charge in [0.25, 0.3) is 11.5 Å². The van der Waals surface area contributed by atoms with Crippen LogP contribution >= 0.6 is 0 Å². The zero-order chi connectivity index (χ0) is 16.0. The number of esters is 1. The minimum absolute atomic E-state index is 0.127. The monoisotopic (exact) mass is 296 g/mol. The highest BCUT2D eigenvalue weighted by atomic mass is 16.5. The van der Waals surface area contributed by atoms with E-state index in [9.17, 15) is 19.2 Å². The van der Waals surface area contributed by atoms with Crippen LogP contribution in [0.4, 0.5) is 0 Å². The second-order valence-corrected chi connectivity index (χ2v) is 4.36. The third kappa shape index (κ3) is 4.75. The maximum Gasteiger partial charge on any atom is 0.326 e. The Bertz CT molecular complexity index is 607. The molecule has 1 atom stereocenters. The molecule has 0 unspecified atom stereocenters. The Labute approximate surface area is 120 Å². The van der Waals surface area contributed by atoms with Gasteiger partial charge in [-0.25, -0.2) is 4.79 Å². The Balaban J connectivity index is 2.79. The first-order valence-electron chi connectivity index (χ1n) is 6.15. The van der Waals surface area contributed by atoms with Gasteiger partial charge in [-0.3, -0.25) is 14.4 Å². The van der Waals surface area contributed by atoms with Crippen molar-refractivity contribution in [1.29, 1.82) is 0 Å². The molecular formula is C13H16N2O6. The molecule has 1 amide bonds. The second-order valence-electron chi connectivity index (χ2n) is 4.36. The zero-order valence-electron chi connectivity index (χ0n) is 11.6. The maximum atomic E-state index is 11.9. The standard InChI is InChI=1S/C13H16N2O6/c1-7-3-4-8(11(17)14-7)12(18)15-9(13(19)20)5-6-10(16)21-2/h3-4,9H,5-6H2,1-2H3,(H,14,17)(H,15,18)(H,19,20)/t9-/m0/s1. The molecule has 8 nitrogen and oxygen atoms in total. The van der Waals surface area contributed by atoms with Gasteiger partial charge in [-0.15, -0.1) is 0 Å². The number of aryl methyl sites for hydroxylation is 1. The highest BCUT2D eigenvalue weighted by Gasteiger charge is 2.23. The summed E-state index contributed by atoms with van der Waals surface area (Å²) in [6, 6.07) is 1.56. The lowest BCUT2D eigenvalue weighted by Gasteiger charge is -2.13. The fourth-order valence-electron chi connectivity index (χ4n) is 1.61. The number of H-pyrrole nitrogens is 1. The molecule has 8 heteroatoms. The number of carboxylic acid groups (broad SMARTS) is 1. The molecule has 114 valence electrons. The van der Waals surface area contributed by atoms with E-state index < -0.39 is 29.4 Å². The van der Waals surface area contributed by atoms with Crippen LogP contribution in [0.15, 0.2) is 16.9 Å². The first-order valence-corrected chi connectivity index (χ1v) is 6.15. The molecule has 3 N–H and O–H groups in total. The first kappa shape index (κ1) is 16.4. The van der Waals surface area contributed by atoms with Gasteiger partial charge >= 0.3 is 11.9 Å². The summed E-state index contributed by atoms with van der Waals surface area (Å²) in [4.78, 5) is 48.0. The van der Waals surface area contributed by atoms with Crippen LogP contribution in [0.2, 0.25) is 0 Å². The number of aliphatic carboxylic acids is 1. The van der Waals surface area contributed by atoms with Gasteiger partial charge in [-0.2, -0.15) is 0 Å². The first-order chi connectivity index (χ1) is 9.85. The van der Waals surface area contributed by atoms with Gasteiger partial charge < -0.3 is 20.1 Å². The molecule has 1 aromatic rings. The number of carboxylic acids is 1. The maximum absolute atomic E-state index is 11.9. The molecule has 0 saturated heterocycles. The van der Waals surface area contributed by atoms with Crippen molar-refractivity contribution in [2.45, 2.75) is 25.8 Å². The van der Waals surface area contributed by atoms with E-state index in [1.165, 1.54) is 19.2 Å². The van der Waals surface area contributed by atoms with Crippen LogP contribution in [-0.2, 0) is 14.3 Å². The molecule has 0 fully saturated rings. The molecule has 0 radical (unpaired) electrons. The molecule has 1 heterocycles. The summed E-state index contributed by atoms with van der Waals surface area (Å²) >= 11 is 0. The van der Waals surface area contributed by atoms with Gasteiger partial charge in [-0.05, 0) is 25.5 Å². The minimum atomic E-state index is -1.30. The van der Waals surface area contributed by atoms with E-state index in [0.29, 0.717) is 5.69 Å². The van der Waals surface area contributed by atoms with E-state index in [0.717, 1.165) is 0 Å². The van der Waals surface area contributed by atoms with Crippen molar-refractivity contribution in [2.24, 2.45) is 0 Å². The highest BCUT2D eigenvalue weighted by Crippen LogP contribution is 2.02. The van der Waals surface area contributed by atoms with Crippen LogP contribution in [0.3, 0.4) is 0 Å². The molecular weight excluding hydrogens is 280 g/mol. The molecule has 21 heavy (non-hydrogen) atoms. The Morgan fingerprint density at radius 2 is 2.05 bits per heavy atom. The van der Waals surface area contributed by atoms with Crippen LogP contribution < -0.4 is 10.9 Å². The third-order valence-electron chi connectivity index (χ3n) is 2.77. The number of rotatable bonds is 6. The summed E-state index contributed by atoms with van der Waals surface area (Å²) in [7, 11) is 1.18. The van der Waals surface area contributed by atoms with Gasteiger partial charge in [0.2, 0.25) is 0 Å². The SMILES string of the molecule is COC(=O)CC[C@H](NC(=O)c1ccc(C)[nH]c1=O)C(=O)O. The summed E-state index contributed by atoms with van der Waals surface area (Å²) in [5, 5.41) is 11.2. The van der Waals surface area contributed by atoms with Crippen LogP contribution in [0.25, 0.3) is 0 Å². The lowest BCUT2D eigenvalue weighted by Crippen LogP contribution is -2.42. The van der Waals surface area contributed by atoms with Crippen LogP contribution in [0, 0.1) is 6.92 Å². The number of aromatic nitrogens is 1. The predicted octanol–water partition coefficient (Wildman–Crippen LogP) is -0.180. The van der Waals surface area contributed by atoms with Crippen LogP contribution in [0.5, 0.6) is 0 Å². The average Bonchev–Trinajstić information content (AvgIpc) is 2.42. The molecule has 1 rings (SSSR count). The van der Waals surface area contributed by atoms with Gasteiger partial charge in [0.05, 0.1) is 7.11 Å². The topological polar surface area (TPSA) is 126 Å². The second kappa shape index (κ2) is 7.22. The van der Waals surface area contributed by atoms with Crippen molar-refractivity contribution >= 4 is 17.8 Å². The number of hydrogen-bond acceptors (Lipinski definition) is 5. The quantitative estimate of drug-likeness (QED) is 0.625. The number of pyridine rings is 1. The number of amides is 1. The summed E-state index contributed by atoms with van der Waals surface area (Å²) in [6.45, 7) is 1.65. The Hall–Kier alpha value is -2.64. The van der Waals surface area contributed by atoms with Crippen molar-refractivity contribution < 1.29 is 24.2 Å². The Morgan fingerprint density at radius 1 is 1.38 bits per heavy atom. The summed E-state index contributed by atoms with van der Waals surface area (Å²) < 4.78 is 4.40. The van der Waals surface area contributed by atoms with Gasteiger partial charge in [-0.1, -0.05) is 0 Å². The average molecular weight is 296 g/mol. The number of methoxy groups -OCH3 is 1. The molecule has 0 aliphatic rings. The van der Waals surface area contributed by atoms with Crippen molar-refractivity contribution in [3.63, 3.8) is 0 Å². The van der Waals surface area contributed by atoms with E-state index >= 15 is 0 Å².